The lowest BCUT2D eigenvalue weighted by Crippen LogP contribution is -2.22. The molecule has 0 saturated heterocycles. The predicted octanol–water partition coefficient (Wildman–Crippen LogP) is 1.70. The summed E-state index contributed by atoms with van der Waals surface area (Å²) in [4.78, 5) is 0.452. The van der Waals surface area contributed by atoms with Crippen LogP contribution in [0.3, 0.4) is 0 Å². The first-order chi connectivity index (χ1) is 9.07. The van der Waals surface area contributed by atoms with Gasteiger partial charge < -0.3 is 4.90 Å². The maximum atomic E-state index is 12.9. The average Bonchev–Trinajstić information content (AvgIpc) is 2.33. The fourth-order valence-corrected chi connectivity index (χ4v) is 2.31. The van der Waals surface area contributed by atoms with Gasteiger partial charge in [-0.05, 0) is 18.2 Å². The molecule has 0 saturated carbocycles. The summed E-state index contributed by atoms with van der Waals surface area (Å²) in [6.45, 7) is 0.225. The van der Waals surface area contributed by atoms with Crippen molar-refractivity contribution in [3.63, 3.8) is 0 Å². The Balaban J connectivity index is 3.33. The standard InChI is InChI=1S/C11H12F3N3O2S/c1-17(6-2-5-15)8-3-4-10(20(16,18)19)9(7-8)11(12,13)14/h3-4,7H,2,6H2,1H3,(H2,16,18,19). The second kappa shape index (κ2) is 5.68. The fraction of sp³-hybridized carbons (Fsp3) is 0.364. The molecule has 0 unspecified atom stereocenters. The second-order valence-corrected chi connectivity index (χ2v) is 5.58. The van der Waals surface area contributed by atoms with Crippen LogP contribution in [0, 0.1) is 11.3 Å². The van der Waals surface area contributed by atoms with E-state index in [0.717, 1.165) is 6.07 Å². The van der Waals surface area contributed by atoms with Gasteiger partial charge in [-0.15, -0.1) is 0 Å². The van der Waals surface area contributed by atoms with Gasteiger partial charge in [0.25, 0.3) is 0 Å². The van der Waals surface area contributed by atoms with Crippen molar-refractivity contribution in [2.24, 2.45) is 5.14 Å². The van der Waals surface area contributed by atoms with Crippen molar-refractivity contribution in [1.29, 1.82) is 5.26 Å². The van der Waals surface area contributed by atoms with Crippen molar-refractivity contribution in [1.82, 2.24) is 0 Å². The number of alkyl halides is 3. The molecular weight excluding hydrogens is 295 g/mol. The monoisotopic (exact) mass is 307 g/mol. The molecule has 0 atom stereocenters. The number of sulfonamides is 1. The van der Waals surface area contributed by atoms with E-state index in [2.05, 4.69) is 0 Å². The first kappa shape index (κ1) is 16.3. The third kappa shape index (κ3) is 3.85. The highest BCUT2D eigenvalue weighted by Crippen LogP contribution is 2.36. The van der Waals surface area contributed by atoms with E-state index in [1.807, 2.05) is 6.07 Å². The Bertz CT molecular complexity index is 635. The molecule has 0 aliphatic heterocycles. The molecule has 0 spiro atoms. The Labute approximate surface area is 114 Å². The van der Waals surface area contributed by atoms with Crippen molar-refractivity contribution in [2.45, 2.75) is 17.5 Å². The molecule has 0 aliphatic carbocycles. The number of hydrogen-bond donors (Lipinski definition) is 1. The molecule has 0 aliphatic rings. The maximum absolute atomic E-state index is 12.9. The lowest BCUT2D eigenvalue weighted by molar-refractivity contribution is -0.139. The molecule has 1 rings (SSSR count). The smallest absolute Gasteiger partial charge is 0.374 e. The molecule has 2 N–H and O–H groups in total. The lowest BCUT2D eigenvalue weighted by Gasteiger charge is -2.20. The van der Waals surface area contributed by atoms with Gasteiger partial charge in [0.05, 0.1) is 22.9 Å². The number of nitrogens with two attached hydrogens (primary N) is 1. The summed E-state index contributed by atoms with van der Waals surface area (Å²) < 4.78 is 61.0. The number of primary sulfonamides is 1. The number of benzene rings is 1. The van der Waals surface area contributed by atoms with E-state index >= 15 is 0 Å². The zero-order valence-electron chi connectivity index (χ0n) is 10.5. The van der Waals surface area contributed by atoms with E-state index in [4.69, 9.17) is 10.4 Å². The Morgan fingerprint density at radius 1 is 1.40 bits per heavy atom. The summed E-state index contributed by atoms with van der Waals surface area (Å²) >= 11 is 0. The largest absolute Gasteiger partial charge is 0.417 e. The van der Waals surface area contributed by atoms with Crippen LogP contribution in [0.2, 0.25) is 0 Å². The van der Waals surface area contributed by atoms with E-state index in [1.165, 1.54) is 18.0 Å². The van der Waals surface area contributed by atoms with Crippen LogP contribution in [0.15, 0.2) is 23.1 Å². The third-order valence-corrected chi connectivity index (χ3v) is 3.54. The van der Waals surface area contributed by atoms with Gasteiger partial charge in [0.1, 0.15) is 0 Å². The van der Waals surface area contributed by atoms with E-state index in [0.29, 0.717) is 6.07 Å². The number of nitrogens with zero attached hydrogens (tertiary/aromatic N) is 2. The topological polar surface area (TPSA) is 87.2 Å². The minimum atomic E-state index is -4.84. The van der Waals surface area contributed by atoms with Gasteiger partial charge in [-0.3, -0.25) is 0 Å². The zero-order valence-corrected chi connectivity index (χ0v) is 11.3. The van der Waals surface area contributed by atoms with Crippen LogP contribution in [0.4, 0.5) is 18.9 Å². The van der Waals surface area contributed by atoms with Gasteiger partial charge in [0, 0.05) is 19.3 Å². The molecule has 0 amide bonds. The van der Waals surface area contributed by atoms with Gasteiger partial charge >= 0.3 is 6.18 Å². The van der Waals surface area contributed by atoms with Gasteiger partial charge in [0.15, 0.2) is 0 Å². The molecule has 0 aromatic heterocycles. The molecule has 0 radical (unpaired) electrons. The Hall–Kier alpha value is -1.79. The van der Waals surface area contributed by atoms with Crippen LogP contribution in [0.1, 0.15) is 12.0 Å². The van der Waals surface area contributed by atoms with Crippen molar-refractivity contribution in [3.8, 4) is 6.07 Å². The number of halogens is 3. The lowest BCUT2D eigenvalue weighted by atomic mass is 10.1. The minimum absolute atomic E-state index is 0.134. The highest BCUT2D eigenvalue weighted by Gasteiger charge is 2.36. The van der Waals surface area contributed by atoms with Crippen LogP contribution in [-0.4, -0.2) is 22.0 Å². The Morgan fingerprint density at radius 3 is 2.45 bits per heavy atom. The van der Waals surface area contributed by atoms with Crippen LogP contribution in [0.25, 0.3) is 0 Å². The minimum Gasteiger partial charge on any atom is -0.374 e. The van der Waals surface area contributed by atoms with E-state index in [-0.39, 0.29) is 18.7 Å². The Kier molecular flexibility index (Phi) is 4.62. The quantitative estimate of drug-likeness (QED) is 0.917. The summed E-state index contributed by atoms with van der Waals surface area (Å²) in [5.74, 6) is 0. The first-order valence-electron chi connectivity index (χ1n) is 5.39. The summed E-state index contributed by atoms with van der Waals surface area (Å²) in [5, 5.41) is 13.2. The molecule has 110 valence electrons. The second-order valence-electron chi connectivity index (χ2n) is 4.05. The van der Waals surface area contributed by atoms with Crippen LogP contribution >= 0.6 is 0 Å². The van der Waals surface area contributed by atoms with Gasteiger partial charge in [-0.2, -0.15) is 18.4 Å². The molecule has 0 fully saturated rings. The molecular formula is C11H12F3N3O2S. The van der Waals surface area contributed by atoms with E-state index < -0.39 is 26.7 Å². The third-order valence-electron chi connectivity index (χ3n) is 2.57. The molecule has 0 heterocycles. The average molecular weight is 307 g/mol. The fourth-order valence-electron chi connectivity index (χ4n) is 1.57. The summed E-state index contributed by atoms with van der Waals surface area (Å²) in [6, 6.07) is 4.61. The highest BCUT2D eigenvalue weighted by atomic mass is 32.2. The van der Waals surface area contributed by atoms with Crippen molar-refractivity contribution in [2.75, 3.05) is 18.5 Å². The molecule has 5 nitrogen and oxygen atoms in total. The van der Waals surface area contributed by atoms with Crippen molar-refractivity contribution >= 4 is 15.7 Å². The number of rotatable bonds is 4. The predicted molar refractivity (Wildman–Crippen MR) is 66.3 cm³/mol. The van der Waals surface area contributed by atoms with Crippen molar-refractivity contribution < 1.29 is 21.6 Å². The zero-order chi connectivity index (χ0) is 15.6. The summed E-state index contributed by atoms with van der Waals surface area (Å²) in [7, 11) is -2.96. The highest BCUT2D eigenvalue weighted by molar-refractivity contribution is 7.89. The van der Waals surface area contributed by atoms with Crippen LogP contribution < -0.4 is 10.0 Å². The normalized spacial score (nSPS) is 12.0. The maximum Gasteiger partial charge on any atom is 0.417 e. The van der Waals surface area contributed by atoms with Gasteiger partial charge in [-0.1, -0.05) is 0 Å². The van der Waals surface area contributed by atoms with E-state index in [9.17, 15) is 21.6 Å². The first-order valence-corrected chi connectivity index (χ1v) is 6.94. The molecule has 9 heteroatoms. The van der Waals surface area contributed by atoms with Gasteiger partial charge in [0.2, 0.25) is 10.0 Å². The van der Waals surface area contributed by atoms with Crippen molar-refractivity contribution in [3.05, 3.63) is 23.8 Å². The Morgan fingerprint density at radius 2 is 2.00 bits per heavy atom. The SMILES string of the molecule is CN(CCC#N)c1ccc(S(N)(=O)=O)c(C(F)(F)F)c1. The summed E-state index contributed by atoms with van der Waals surface area (Å²) in [6.07, 6.45) is -4.71. The molecule has 0 bridgehead atoms. The molecule has 1 aromatic rings. The van der Waals surface area contributed by atoms with E-state index in [1.54, 1.807) is 0 Å². The number of nitriles is 1. The van der Waals surface area contributed by atoms with Crippen LogP contribution in [0.5, 0.6) is 0 Å². The number of hydrogen-bond acceptors (Lipinski definition) is 4. The molecule has 1 aromatic carbocycles. The van der Waals surface area contributed by atoms with Crippen LogP contribution in [-0.2, 0) is 16.2 Å². The van der Waals surface area contributed by atoms with Gasteiger partial charge in [-0.25, -0.2) is 13.6 Å². The summed E-state index contributed by atoms with van der Waals surface area (Å²) in [5.41, 5.74) is -1.17. The molecule has 20 heavy (non-hydrogen) atoms. The number of anilines is 1.